The molecular formula is C11H15N5O2. The van der Waals surface area contributed by atoms with E-state index in [2.05, 4.69) is 20.6 Å². The van der Waals surface area contributed by atoms with Crippen LogP contribution in [0.1, 0.15) is 18.4 Å². The van der Waals surface area contributed by atoms with Gasteiger partial charge < -0.3 is 14.6 Å². The van der Waals surface area contributed by atoms with E-state index < -0.39 is 0 Å². The number of hydrogen-bond acceptors (Lipinski definition) is 6. The Morgan fingerprint density at radius 1 is 1.56 bits per heavy atom. The standard InChI is InChI=1S/C11H15N5O2/c1-16-6-7(4-13-16)10-14-11(18-15-10)9-3-8(17-2)5-12-9/h4,6,8-9,12H,3,5H2,1-2H3/t8-,9+/m0/s1. The molecule has 96 valence electrons. The lowest BCUT2D eigenvalue weighted by atomic mass is 10.2. The van der Waals surface area contributed by atoms with E-state index in [1.54, 1.807) is 18.0 Å². The van der Waals surface area contributed by atoms with Crippen molar-refractivity contribution < 1.29 is 9.26 Å². The van der Waals surface area contributed by atoms with Gasteiger partial charge in [0.2, 0.25) is 11.7 Å². The SMILES string of the molecule is CO[C@@H]1CN[C@@H](c2nc(-c3cnn(C)c3)no2)C1. The Kier molecular flexibility index (Phi) is 2.85. The molecule has 3 heterocycles. The van der Waals surface area contributed by atoms with Gasteiger partial charge in [-0.2, -0.15) is 10.1 Å². The number of hydrogen-bond donors (Lipinski definition) is 1. The molecule has 2 aromatic heterocycles. The van der Waals surface area contributed by atoms with Crippen LogP contribution in [0.15, 0.2) is 16.9 Å². The fourth-order valence-electron chi connectivity index (χ4n) is 2.10. The van der Waals surface area contributed by atoms with Crippen LogP contribution in [0.3, 0.4) is 0 Å². The first kappa shape index (κ1) is 11.4. The smallest absolute Gasteiger partial charge is 0.244 e. The highest BCUT2D eigenvalue weighted by atomic mass is 16.5. The van der Waals surface area contributed by atoms with Gasteiger partial charge in [-0.25, -0.2) is 0 Å². The second kappa shape index (κ2) is 4.51. The third kappa shape index (κ3) is 2.02. The first-order valence-corrected chi connectivity index (χ1v) is 5.85. The average molecular weight is 249 g/mol. The molecule has 2 atom stereocenters. The van der Waals surface area contributed by atoms with E-state index in [1.165, 1.54) is 0 Å². The maximum Gasteiger partial charge on any atom is 0.244 e. The summed E-state index contributed by atoms with van der Waals surface area (Å²) in [6, 6.07) is 0.0767. The van der Waals surface area contributed by atoms with Crippen LogP contribution in [0.2, 0.25) is 0 Å². The van der Waals surface area contributed by atoms with E-state index in [0.29, 0.717) is 11.7 Å². The minimum Gasteiger partial charge on any atom is -0.380 e. The van der Waals surface area contributed by atoms with Gasteiger partial charge in [-0.1, -0.05) is 5.16 Å². The van der Waals surface area contributed by atoms with Gasteiger partial charge in [0.25, 0.3) is 0 Å². The van der Waals surface area contributed by atoms with Crippen molar-refractivity contribution in [1.82, 2.24) is 25.2 Å². The van der Waals surface area contributed by atoms with Crippen LogP contribution >= 0.6 is 0 Å². The summed E-state index contributed by atoms with van der Waals surface area (Å²) in [6.45, 7) is 0.811. The second-order valence-electron chi connectivity index (χ2n) is 4.41. The van der Waals surface area contributed by atoms with Crippen molar-refractivity contribution in [1.29, 1.82) is 0 Å². The highest BCUT2D eigenvalue weighted by molar-refractivity contribution is 5.51. The summed E-state index contributed by atoms with van der Waals surface area (Å²) in [5, 5.41) is 11.4. The summed E-state index contributed by atoms with van der Waals surface area (Å²) < 4.78 is 12.3. The highest BCUT2D eigenvalue weighted by Crippen LogP contribution is 2.25. The minimum absolute atomic E-state index is 0.0767. The molecule has 0 unspecified atom stereocenters. The lowest BCUT2D eigenvalue weighted by Gasteiger charge is -2.04. The molecule has 0 amide bonds. The lowest BCUT2D eigenvalue weighted by molar-refractivity contribution is 0.116. The van der Waals surface area contributed by atoms with Gasteiger partial charge in [0.05, 0.1) is 23.9 Å². The molecular weight excluding hydrogens is 234 g/mol. The summed E-state index contributed by atoms with van der Waals surface area (Å²) in [4.78, 5) is 4.40. The van der Waals surface area contributed by atoms with Crippen LogP contribution < -0.4 is 5.32 Å². The van der Waals surface area contributed by atoms with Gasteiger partial charge in [0, 0.05) is 26.9 Å². The van der Waals surface area contributed by atoms with Crippen LogP contribution in [0, 0.1) is 0 Å². The molecule has 7 nitrogen and oxygen atoms in total. The Morgan fingerprint density at radius 3 is 3.11 bits per heavy atom. The Bertz CT molecular complexity index is 535. The third-order valence-corrected chi connectivity index (χ3v) is 3.13. The van der Waals surface area contributed by atoms with Crippen molar-refractivity contribution in [3.05, 3.63) is 18.3 Å². The van der Waals surface area contributed by atoms with E-state index in [1.807, 2.05) is 13.2 Å². The molecule has 1 aliphatic heterocycles. The molecule has 1 aliphatic rings. The maximum absolute atomic E-state index is 5.29. The number of aromatic nitrogens is 4. The molecule has 2 aromatic rings. The number of nitrogens with zero attached hydrogens (tertiary/aromatic N) is 4. The Labute approximate surface area is 104 Å². The van der Waals surface area contributed by atoms with E-state index in [-0.39, 0.29) is 12.1 Å². The normalized spacial score (nSPS) is 23.7. The van der Waals surface area contributed by atoms with Crippen molar-refractivity contribution in [2.45, 2.75) is 18.6 Å². The molecule has 0 bridgehead atoms. The predicted molar refractivity (Wildman–Crippen MR) is 62.7 cm³/mol. The summed E-state index contributed by atoms with van der Waals surface area (Å²) in [5.74, 6) is 1.18. The van der Waals surface area contributed by atoms with Crippen LogP contribution in [-0.2, 0) is 11.8 Å². The fraction of sp³-hybridized carbons (Fsp3) is 0.545. The second-order valence-corrected chi connectivity index (χ2v) is 4.41. The summed E-state index contributed by atoms with van der Waals surface area (Å²) in [6.07, 6.45) is 4.64. The van der Waals surface area contributed by atoms with Crippen molar-refractivity contribution in [3.8, 4) is 11.4 Å². The van der Waals surface area contributed by atoms with Gasteiger partial charge in [-0.05, 0) is 6.42 Å². The zero-order valence-electron chi connectivity index (χ0n) is 10.3. The minimum atomic E-state index is 0.0767. The first-order valence-electron chi connectivity index (χ1n) is 5.85. The summed E-state index contributed by atoms with van der Waals surface area (Å²) in [7, 11) is 3.57. The summed E-state index contributed by atoms with van der Waals surface area (Å²) in [5.41, 5.74) is 0.855. The molecule has 1 fully saturated rings. The number of rotatable bonds is 3. The number of ether oxygens (including phenoxy) is 1. The van der Waals surface area contributed by atoms with Gasteiger partial charge in [-0.3, -0.25) is 4.68 Å². The van der Waals surface area contributed by atoms with Crippen LogP contribution in [0.4, 0.5) is 0 Å². The quantitative estimate of drug-likeness (QED) is 0.854. The van der Waals surface area contributed by atoms with Crippen molar-refractivity contribution in [3.63, 3.8) is 0 Å². The lowest BCUT2D eigenvalue weighted by Crippen LogP contribution is -2.16. The third-order valence-electron chi connectivity index (χ3n) is 3.13. The molecule has 18 heavy (non-hydrogen) atoms. The van der Waals surface area contributed by atoms with Crippen molar-refractivity contribution in [2.24, 2.45) is 7.05 Å². The van der Waals surface area contributed by atoms with Crippen LogP contribution in [-0.4, -0.2) is 39.7 Å². The number of nitrogens with one attached hydrogen (secondary N) is 1. The van der Waals surface area contributed by atoms with Crippen LogP contribution in [0.25, 0.3) is 11.4 Å². The van der Waals surface area contributed by atoms with Gasteiger partial charge in [0.1, 0.15) is 0 Å². The maximum atomic E-state index is 5.29. The van der Waals surface area contributed by atoms with E-state index in [0.717, 1.165) is 18.5 Å². The molecule has 0 aromatic carbocycles. The van der Waals surface area contributed by atoms with Gasteiger partial charge in [0.15, 0.2) is 0 Å². The van der Waals surface area contributed by atoms with E-state index >= 15 is 0 Å². The molecule has 1 saturated heterocycles. The molecule has 3 rings (SSSR count). The predicted octanol–water partition coefficient (Wildman–Crippen LogP) is 0.519. The van der Waals surface area contributed by atoms with Crippen molar-refractivity contribution >= 4 is 0 Å². The molecule has 0 aliphatic carbocycles. The number of methoxy groups -OCH3 is 1. The average Bonchev–Trinajstić information content (AvgIpc) is 3.07. The first-order chi connectivity index (χ1) is 8.76. The highest BCUT2D eigenvalue weighted by Gasteiger charge is 2.29. The monoisotopic (exact) mass is 249 g/mol. The van der Waals surface area contributed by atoms with E-state index in [9.17, 15) is 0 Å². The molecule has 0 radical (unpaired) electrons. The Balaban J connectivity index is 1.78. The molecule has 1 N–H and O–H groups in total. The Hall–Kier alpha value is -1.73. The largest absolute Gasteiger partial charge is 0.380 e. The van der Waals surface area contributed by atoms with Crippen LogP contribution in [0.5, 0.6) is 0 Å². The van der Waals surface area contributed by atoms with Gasteiger partial charge >= 0.3 is 0 Å². The zero-order valence-corrected chi connectivity index (χ0v) is 10.3. The molecule has 0 spiro atoms. The van der Waals surface area contributed by atoms with E-state index in [4.69, 9.17) is 9.26 Å². The Morgan fingerprint density at radius 2 is 2.44 bits per heavy atom. The topological polar surface area (TPSA) is 78.0 Å². The fourth-order valence-corrected chi connectivity index (χ4v) is 2.10. The molecule has 7 heteroatoms. The van der Waals surface area contributed by atoms with Crippen molar-refractivity contribution in [2.75, 3.05) is 13.7 Å². The van der Waals surface area contributed by atoms with Gasteiger partial charge in [-0.15, -0.1) is 0 Å². The molecule has 0 saturated carbocycles. The zero-order chi connectivity index (χ0) is 12.5. The number of aryl methyl sites for hydroxylation is 1. The summed E-state index contributed by atoms with van der Waals surface area (Å²) >= 11 is 0.